The van der Waals surface area contributed by atoms with Gasteiger partial charge in [-0.15, -0.1) is 0 Å². The largest absolute Gasteiger partial charge is 0.340 e. The fourth-order valence-corrected chi connectivity index (χ4v) is 1.99. The fourth-order valence-electron chi connectivity index (χ4n) is 1.25. The average molecular weight is 353 g/mol. The van der Waals surface area contributed by atoms with Crippen molar-refractivity contribution in [2.24, 2.45) is 0 Å². The maximum absolute atomic E-state index is 12.1. The van der Waals surface area contributed by atoms with E-state index in [2.05, 4.69) is 27.9 Å². The Hall–Kier alpha value is -0.330. The first-order valence-corrected chi connectivity index (χ1v) is 6.37. The van der Waals surface area contributed by atoms with Gasteiger partial charge in [0, 0.05) is 28.7 Å². The summed E-state index contributed by atoms with van der Waals surface area (Å²) in [4.78, 5) is 13.7. The Morgan fingerprint density at radius 3 is 2.88 bits per heavy atom. The van der Waals surface area contributed by atoms with Crippen molar-refractivity contribution in [2.45, 2.75) is 0 Å². The van der Waals surface area contributed by atoms with Gasteiger partial charge >= 0.3 is 0 Å². The summed E-state index contributed by atoms with van der Waals surface area (Å²) in [5.41, 5.74) is 0.659. The first kappa shape index (κ1) is 13.7. The smallest absolute Gasteiger partial charge is 0.254 e. The third kappa shape index (κ3) is 3.61. The molecule has 1 aromatic carbocycles. The molecule has 16 heavy (non-hydrogen) atoms. The fraction of sp³-hybridized carbons (Fsp3) is 0.364. The van der Waals surface area contributed by atoms with Gasteiger partial charge < -0.3 is 10.2 Å². The van der Waals surface area contributed by atoms with Crippen molar-refractivity contribution in [1.82, 2.24) is 10.2 Å². The number of likely N-dealkylation sites (N-methyl/N-ethyl adjacent to an activating group) is 2. The van der Waals surface area contributed by atoms with Crippen molar-refractivity contribution in [3.8, 4) is 0 Å². The van der Waals surface area contributed by atoms with Crippen LogP contribution in [0.5, 0.6) is 0 Å². The van der Waals surface area contributed by atoms with Crippen molar-refractivity contribution in [3.63, 3.8) is 0 Å². The molecule has 0 saturated heterocycles. The molecule has 0 bridgehead atoms. The van der Waals surface area contributed by atoms with E-state index in [0.717, 1.165) is 10.1 Å². The summed E-state index contributed by atoms with van der Waals surface area (Å²) < 4.78 is 0.920. The molecular formula is C11H14ClIN2O. The molecule has 0 unspecified atom stereocenters. The van der Waals surface area contributed by atoms with Crippen LogP contribution in [0.2, 0.25) is 5.02 Å². The Balaban J connectivity index is 2.83. The number of nitrogens with one attached hydrogen (secondary N) is 1. The number of amides is 1. The maximum Gasteiger partial charge on any atom is 0.254 e. The van der Waals surface area contributed by atoms with Gasteiger partial charge in [0.1, 0.15) is 0 Å². The third-order valence-corrected chi connectivity index (χ3v) is 3.38. The molecule has 0 aliphatic heterocycles. The highest BCUT2D eigenvalue weighted by Gasteiger charge is 2.14. The molecule has 1 rings (SSSR count). The van der Waals surface area contributed by atoms with Gasteiger partial charge in [-0.05, 0) is 47.8 Å². The minimum absolute atomic E-state index is 0.00199. The number of carbonyl (C=O) groups excluding carboxylic acids is 1. The predicted octanol–water partition coefficient (Wildman–Crippen LogP) is 2.24. The number of rotatable bonds is 4. The standard InChI is InChI=1S/C11H14ClIN2O/c1-14-5-6-15(2)11(16)9-7-8(12)3-4-10(9)13/h3-4,7,14H,5-6H2,1-2H3. The van der Waals surface area contributed by atoms with Crippen molar-refractivity contribution in [2.75, 3.05) is 27.2 Å². The second-order valence-electron chi connectivity index (χ2n) is 3.45. The normalized spacial score (nSPS) is 10.2. The van der Waals surface area contributed by atoms with Gasteiger partial charge in [-0.2, -0.15) is 0 Å². The minimum Gasteiger partial charge on any atom is -0.340 e. The zero-order valence-corrected chi connectivity index (χ0v) is 12.2. The second kappa shape index (κ2) is 6.42. The molecule has 0 saturated carbocycles. The lowest BCUT2D eigenvalue weighted by Gasteiger charge is -2.17. The Bertz CT molecular complexity index is 384. The Labute approximate surface area is 114 Å². The lowest BCUT2D eigenvalue weighted by molar-refractivity contribution is 0.0796. The van der Waals surface area contributed by atoms with Crippen LogP contribution in [0.4, 0.5) is 0 Å². The molecule has 0 aliphatic rings. The molecule has 3 nitrogen and oxygen atoms in total. The molecule has 0 aromatic heterocycles. The van der Waals surface area contributed by atoms with Gasteiger partial charge in [-0.1, -0.05) is 11.6 Å². The van der Waals surface area contributed by atoms with Crippen LogP contribution in [0.1, 0.15) is 10.4 Å². The molecule has 5 heteroatoms. The van der Waals surface area contributed by atoms with E-state index in [4.69, 9.17) is 11.6 Å². The lowest BCUT2D eigenvalue weighted by Crippen LogP contribution is -2.33. The Morgan fingerprint density at radius 2 is 2.25 bits per heavy atom. The van der Waals surface area contributed by atoms with E-state index >= 15 is 0 Å². The highest BCUT2D eigenvalue weighted by Crippen LogP contribution is 2.19. The second-order valence-corrected chi connectivity index (χ2v) is 5.05. The van der Waals surface area contributed by atoms with E-state index in [-0.39, 0.29) is 5.91 Å². The summed E-state index contributed by atoms with van der Waals surface area (Å²) >= 11 is 8.03. The summed E-state index contributed by atoms with van der Waals surface area (Å²) in [6.45, 7) is 1.46. The highest BCUT2D eigenvalue weighted by molar-refractivity contribution is 14.1. The first-order chi connectivity index (χ1) is 7.56. The van der Waals surface area contributed by atoms with Gasteiger partial charge in [-0.3, -0.25) is 4.79 Å². The molecule has 0 radical (unpaired) electrons. The summed E-state index contributed by atoms with van der Waals surface area (Å²) in [5.74, 6) is 0.00199. The molecule has 1 amide bonds. The van der Waals surface area contributed by atoms with Crippen LogP contribution in [-0.2, 0) is 0 Å². The highest BCUT2D eigenvalue weighted by atomic mass is 127. The molecule has 0 atom stereocenters. The summed E-state index contributed by atoms with van der Waals surface area (Å²) in [6, 6.07) is 5.34. The molecule has 1 N–H and O–H groups in total. The van der Waals surface area contributed by atoms with Crippen molar-refractivity contribution in [3.05, 3.63) is 32.4 Å². The van der Waals surface area contributed by atoms with Gasteiger partial charge in [0.15, 0.2) is 0 Å². The molecule has 1 aromatic rings. The summed E-state index contributed by atoms with van der Waals surface area (Å²) in [7, 11) is 3.65. The molecule has 0 fully saturated rings. The average Bonchev–Trinajstić information content (AvgIpc) is 2.28. The zero-order chi connectivity index (χ0) is 12.1. The maximum atomic E-state index is 12.1. The van der Waals surface area contributed by atoms with E-state index in [0.29, 0.717) is 17.1 Å². The Kier molecular flexibility index (Phi) is 5.51. The molecular weight excluding hydrogens is 338 g/mol. The van der Waals surface area contributed by atoms with Crippen LogP contribution in [0.3, 0.4) is 0 Å². The van der Waals surface area contributed by atoms with Crippen molar-refractivity contribution >= 4 is 40.1 Å². The van der Waals surface area contributed by atoms with Crippen LogP contribution in [0, 0.1) is 3.57 Å². The molecule has 0 spiro atoms. The predicted molar refractivity (Wildman–Crippen MR) is 75.1 cm³/mol. The van der Waals surface area contributed by atoms with E-state index < -0.39 is 0 Å². The van der Waals surface area contributed by atoms with Gasteiger partial charge in [0.25, 0.3) is 5.91 Å². The van der Waals surface area contributed by atoms with E-state index in [1.165, 1.54) is 0 Å². The van der Waals surface area contributed by atoms with Crippen molar-refractivity contribution in [1.29, 1.82) is 0 Å². The SMILES string of the molecule is CNCCN(C)C(=O)c1cc(Cl)ccc1I. The van der Waals surface area contributed by atoms with Crippen LogP contribution in [0.25, 0.3) is 0 Å². The first-order valence-electron chi connectivity index (χ1n) is 4.91. The van der Waals surface area contributed by atoms with Gasteiger partial charge in [0.2, 0.25) is 0 Å². The number of hydrogen-bond acceptors (Lipinski definition) is 2. The number of carbonyl (C=O) groups is 1. The number of nitrogens with zero attached hydrogens (tertiary/aromatic N) is 1. The number of benzene rings is 1. The monoisotopic (exact) mass is 352 g/mol. The molecule has 0 aliphatic carbocycles. The van der Waals surface area contributed by atoms with Crippen molar-refractivity contribution < 1.29 is 4.79 Å². The van der Waals surface area contributed by atoms with Crippen LogP contribution in [0.15, 0.2) is 18.2 Å². The molecule has 0 heterocycles. The Morgan fingerprint density at radius 1 is 1.56 bits per heavy atom. The summed E-state index contributed by atoms with van der Waals surface area (Å²) in [5, 5.41) is 3.60. The van der Waals surface area contributed by atoms with Crippen LogP contribution >= 0.6 is 34.2 Å². The van der Waals surface area contributed by atoms with E-state index in [1.54, 1.807) is 24.1 Å². The minimum atomic E-state index is 0.00199. The third-order valence-electron chi connectivity index (χ3n) is 2.20. The van der Waals surface area contributed by atoms with Gasteiger partial charge in [0.05, 0.1) is 5.56 Å². The zero-order valence-electron chi connectivity index (χ0n) is 9.26. The van der Waals surface area contributed by atoms with E-state index in [1.807, 2.05) is 13.1 Å². The number of halogens is 2. The summed E-state index contributed by atoms with van der Waals surface area (Å²) in [6.07, 6.45) is 0. The quantitative estimate of drug-likeness (QED) is 0.843. The van der Waals surface area contributed by atoms with Crippen LogP contribution in [-0.4, -0.2) is 38.0 Å². The van der Waals surface area contributed by atoms with E-state index in [9.17, 15) is 4.79 Å². The topological polar surface area (TPSA) is 32.3 Å². The molecule has 88 valence electrons. The lowest BCUT2D eigenvalue weighted by atomic mass is 10.2. The number of hydrogen-bond donors (Lipinski definition) is 1. The van der Waals surface area contributed by atoms with Gasteiger partial charge in [-0.25, -0.2) is 0 Å². The van der Waals surface area contributed by atoms with Crippen LogP contribution < -0.4 is 5.32 Å².